The molecule has 4 rings (SSSR count). The predicted molar refractivity (Wildman–Crippen MR) is 120 cm³/mol. The van der Waals surface area contributed by atoms with E-state index in [9.17, 15) is 8.42 Å². The van der Waals surface area contributed by atoms with Crippen LogP contribution in [-0.4, -0.2) is 65.3 Å². The maximum Gasteiger partial charge on any atom is 0.246 e. The summed E-state index contributed by atoms with van der Waals surface area (Å²) < 4.78 is 36.1. The fourth-order valence-electron chi connectivity index (χ4n) is 3.49. The number of aryl methyl sites for hydroxylation is 1. The van der Waals surface area contributed by atoms with E-state index in [2.05, 4.69) is 31.1 Å². The minimum absolute atomic E-state index is 0.178. The summed E-state index contributed by atoms with van der Waals surface area (Å²) >= 11 is 3.36. The van der Waals surface area contributed by atoms with Gasteiger partial charge in [-0.15, -0.1) is 10.2 Å². The molecule has 0 radical (unpaired) electrons. The summed E-state index contributed by atoms with van der Waals surface area (Å²) in [4.78, 5) is 6.41. The molecule has 0 aliphatic carbocycles. The summed E-state index contributed by atoms with van der Waals surface area (Å²) in [5.74, 6) is 2.61. The van der Waals surface area contributed by atoms with Crippen LogP contribution >= 0.6 is 15.9 Å². The van der Waals surface area contributed by atoms with Gasteiger partial charge in [-0.25, -0.2) is 13.4 Å². The molecule has 11 heteroatoms. The fraction of sp³-hybridized carbons (Fsp3) is 0.350. The zero-order chi connectivity index (χ0) is 22.0. The third-order valence-corrected chi connectivity index (χ3v) is 7.51. The quantitative estimate of drug-likeness (QED) is 0.507. The van der Waals surface area contributed by atoms with E-state index in [1.165, 1.54) is 4.31 Å². The summed E-state index contributed by atoms with van der Waals surface area (Å²) in [6, 6.07) is 8.82. The molecule has 31 heavy (non-hydrogen) atoms. The number of halogens is 1. The Labute approximate surface area is 189 Å². The van der Waals surface area contributed by atoms with Crippen molar-refractivity contribution in [2.45, 2.75) is 18.7 Å². The lowest BCUT2D eigenvalue weighted by Gasteiger charge is -2.34. The first kappa shape index (κ1) is 21.7. The Morgan fingerprint density at radius 2 is 1.77 bits per heavy atom. The summed E-state index contributed by atoms with van der Waals surface area (Å²) in [6.45, 7) is 5.87. The molecule has 0 spiro atoms. The molecule has 0 saturated carbocycles. The summed E-state index contributed by atoms with van der Waals surface area (Å²) in [5.41, 5.74) is 0. The van der Waals surface area contributed by atoms with Crippen LogP contribution in [0.25, 0.3) is 5.82 Å². The fourth-order valence-corrected chi connectivity index (χ4v) is 5.58. The third kappa shape index (κ3) is 4.43. The molecule has 3 aromatic rings. The second-order valence-corrected chi connectivity index (χ2v) is 9.83. The molecule has 0 atom stereocenters. The van der Waals surface area contributed by atoms with E-state index in [1.54, 1.807) is 24.4 Å². The average molecular weight is 507 g/mol. The van der Waals surface area contributed by atoms with Crippen molar-refractivity contribution in [2.75, 3.05) is 37.7 Å². The monoisotopic (exact) mass is 506 g/mol. The highest BCUT2D eigenvalue weighted by molar-refractivity contribution is 9.10. The lowest BCUT2D eigenvalue weighted by atomic mass is 10.3. The number of hydrogen-bond acceptors (Lipinski definition) is 7. The third-order valence-electron chi connectivity index (χ3n) is 5.10. The zero-order valence-electron chi connectivity index (χ0n) is 17.3. The number of ether oxygens (including phenoxy) is 1. The zero-order valence-corrected chi connectivity index (χ0v) is 19.7. The van der Waals surface area contributed by atoms with Crippen molar-refractivity contribution in [2.24, 2.45) is 0 Å². The highest BCUT2D eigenvalue weighted by Gasteiger charge is 2.31. The van der Waals surface area contributed by atoms with E-state index >= 15 is 0 Å². The van der Waals surface area contributed by atoms with Gasteiger partial charge >= 0.3 is 0 Å². The number of benzene rings is 1. The number of sulfonamides is 1. The van der Waals surface area contributed by atoms with E-state index in [4.69, 9.17) is 4.74 Å². The van der Waals surface area contributed by atoms with Crippen LogP contribution in [0.4, 0.5) is 5.82 Å². The highest BCUT2D eigenvalue weighted by Crippen LogP contribution is 2.31. The van der Waals surface area contributed by atoms with Gasteiger partial charge in [0.05, 0.1) is 6.61 Å². The van der Waals surface area contributed by atoms with Gasteiger partial charge in [-0.3, -0.25) is 4.57 Å². The van der Waals surface area contributed by atoms with Crippen molar-refractivity contribution < 1.29 is 13.2 Å². The molecule has 9 nitrogen and oxygen atoms in total. The molecule has 1 aliphatic rings. The average Bonchev–Trinajstić information content (AvgIpc) is 3.21. The first-order valence-corrected chi connectivity index (χ1v) is 12.1. The number of rotatable bonds is 6. The second-order valence-electron chi connectivity index (χ2n) is 7.01. The second kappa shape index (κ2) is 8.93. The van der Waals surface area contributed by atoms with E-state index in [0.717, 1.165) is 11.6 Å². The molecule has 3 heterocycles. The summed E-state index contributed by atoms with van der Waals surface area (Å²) in [6.07, 6.45) is 3.55. The van der Waals surface area contributed by atoms with Crippen LogP contribution in [0.3, 0.4) is 0 Å². The Kier molecular flexibility index (Phi) is 6.26. The van der Waals surface area contributed by atoms with Crippen LogP contribution < -0.4 is 9.64 Å². The molecule has 1 aromatic carbocycles. The molecule has 0 unspecified atom stereocenters. The Morgan fingerprint density at radius 1 is 1.06 bits per heavy atom. The van der Waals surface area contributed by atoms with E-state index in [1.807, 2.05) is 41.6 Å². The van der Waals surface area contributed by atoms with Crippen LogP contribution in [0.1, 0.15) is 12.7 Å². The Balaban J connectivity index is 1.47. The molecule has 164 valence electrons. The number of anilines is 1. The molecule has 2 aromatic heterocycles. The molecular formula is C20H23BrN6O3S. The smallest absolute Gasteiger partial charge is 0.246 e. The van der Waals surface area contributed by atoms with Crippen molar-refractivity contribution in [3.8, 4) is 11.6 Å². The largest absolute Gasteiger partial charge is 0.492 e. The van der Waals surface area contributed by atoms with Crippen molar-refractivity contribution in [1.82, 2.24) is 24.1 Å². The molecular weight excluding hydrogens is 484 g/mol. The van der Waals surface area contributed by atoms with Crippen LogP contribution in [-0.2, 0) is 10.0 Å². The Hall–Kier alpha value is -2.50. The highest BCUT2D eigenvalue weighted by atomic mass is 79.9. The van der Waals surface area contributed by atoms with Crippen molar-refractivity contribution in [3.63, 3.8) is 0 Å². The number of piperazine rings is 1. The van der Waals surface area contributed by atoms with Crippen LogP contribution in [0.2, 0.25) is 0 Å². The SMILES string of the molecule is CCOc1ccc(Br)cc1S(=O)(=O)N1CCN(c2ccc(-n3ccnc3C)nn2)CC1. The Bertz CT molecular complexity index is 1160. The van der Waals surface area contributed by atoms with Crippen molar-refractivity contribution in [1.29, 1.82) is 0 Å². The number of aromatic nitrogens is 4. The van der Waals surface area contributed by atoms with Crippen LogP contribution in [0.15, 0.2) is 52.1 Å². The standard InChI is InChI=1S/C20H23BrN6O3S/c1-3-30-17-5-4-16(21)14-18(17)31(28,29)26-12-10-25(11-13-26)19-6-7-20(24-23-19)27-9-8-22-15(27)2/h4-9,14H,3,10-13H2,1-2H3. The maximum atomic E-state index is 13.3. The van der Waals surface area contributed by atoms with Gasteiger partial charge in [0.1, 0.15) is 16.5 Å². The van der Waals surface area contributed by atoms with Crippen molar-refractivity contribution in [3.05, 3.63) is 53.0 Å². The molecule has 0 amide bonds. The van der Waals surface area contributed by atoms with Crippen molar-refractivity contribution >= 4 is 31.8 Å². The van der Waals surface area contributed by atoms with E-state index in [-0.39, 0.29) is 4.90 Å². The lowest BCUT2D eigenvalue weighted by molar-refractivity contribution is 0.327. The van der Waals surface area contributed by atoms with Crippen LogP contribution in [0, 0.1) is 6.92 Å². The van der Waals surface area contributed by atoms with Gasteiger partial charge in [0, 0.05) is 43.0 Å². The molecule has 0 bridgehead atoms. The normalized spacial score (nSPS) is 15.3. The molecule has 1 fully saturated rings. The molecule has 1 aliphatic heterocycles. The Morgan fingerprint density at radius 3 is 2.39 bits per heavy atom. The molecule has 1 saturated heterocycles. The van der Waals surface area contributed by atoms with Gasteiger partial charge in [-0.2, -0.15) is 4.31 Å². The predicted octanol–water partition coefficient (Wildman–Crippen LogP) is 2.64. The topological polar surface area (TPSA) is 93.5 Å². The number of nitrogens with zero attached hydrogens (tertiary/aromatic N) is 6. The number of hydrogen-bond donors (Lipinski definition) is 0. The number of imidazole rings is 1. The first-order chi connectivity index (χ1) is 14.9. The van der Waals surface area contributed by atoms with Gasteiger partial charge in [0.15, 0.2) is 11.6 Å². The molecule has 0 N–H and O–H groups in total. The van der Waals surface area contributed by atoms with E-state index in [0.29, 0.717) is 48.8 Å². The van der Waals surface area contributed by atoms with Gasteiger partial charge in [0.25, 0.3) is 0 Å². The minimum Gasteiger partial charge on any atom is -0.492 e. The van der Waals surface area contributed by atoms with E-state index < -0.39 is 10.0 Å². The van der Waals surface area contributed by atoms with Gasteiger partial charge in [-0.1, -0.05) is 15.9 Å². The summed E-state index contributed by atoms with van der Waals surface area (Å²) in [7, 11) is -3.68. The first-order valence-electron chi connectivity index (χ1n) is 9.91. The van der Waals surface area contributed by atoms with Gasteiger partial charge < -0.3 is 9.64 Å². The van der Waals surface area contributed by atoms with Gasteiger partial charge in [0.2, 0.25) is 10.0 Å². The minimum atomic E-state index is -3.68. The van der Waals surface area contributed by atoms with Crippen LogP contribution in [0.5, 0.6) is 5.75 Å². The lowest BCUT2D eigenvalue weighted by Crippen LogP contribution is -2.49. The van der Waals surface area contributed by atoms with Gasteiger partial charge in [-0.05, 0) is 44.2 Å². The maximum absolute atomic E-state index is 13.3. The summed E-state index contributed by atoms with van der Waals surface area (Å²) in [5, 5.41) is 8.62.